The Morgan fingerprint density at radius 1 is 1.10 bits per heavy atom. The van der Waals surface area contributed by atoms with Gasteiger partial charge in [0.25, 0.3) is 0 Å². The van der Waals surface area contributed by atoms with Crippen LogP contribution in [-0.2, 0) is 16.1 Å². The van der Waals surface area contributed by atoms with Crippen LogP contribution in [0.15, 0.2) is 48.5 Å². The maximum Gasteiger partial charge on any atom is 0.323 e. The average Bonchev–Trinajstić information content (AvgIpc) is 3.29. The summed E-state index contributed by atoms with van der Waals surface area (Å²) in [5.74, 6) is 0.544. The number of esters is 1. The third-order valence-electron chi connectivity index (χ3n) is 4.97. The van der Waals surface area contributed by atoms with Crippen LogP contribution >= 0.6 is 0 Å². The lowest BCUT2D eigenvalue weighted by molar-refractivity contribution is -0.147. The Bertz CT molecular complexity index is 923. The normalized spacial score (nSPS) is 12.1. The smallest absolute Gasteiger partial charge is 0.323 e. The van der Waals surface area contributed by atoms with Crippen LogP contribution in [0, 0.1) is 5.92 Å². The van der Waals surface area contributed by atoms with Gasteiger partial charge < -0.3 is 10.1 Å². The van der Waals surface area contributed by atoms with E-state index in [2.05, 4.69) is 57.1 Å². The molecule has 3 rings (SSSR count). The molecule has 2 aromatic carbocycles. The molecular formula is C23H29N5O2. The lowest BCUT2D eigenvalue weighted by atomic mass is 9.98. The molecule has 0 saturated carbocycles. The van der Waals surface area contributed by atoms with E-state index in [1.807, 2.05) is 38.1 Å². The van der Waals surface area contributed by atoms with Gasteiger partial charge in [-0.2, -0.15) is 5.21 Å². The largest absolute Gasteiger partial charge is 0.465 e. The van der Waals surface area contributed by atoms with Crippen molar-refractivity contribution in [2.75, 3.05) is 6.61 Å². The van der Waals surface area contributed by atoms with E-state index in [0.29, 0.717) is 19.0 Å². The molecule has 0 spiro atoms. The summed E-state index contributed by atoms with van der Waals surface area (Å²) in [6, 6.07) is 15.9. The summed E-state index contributed by atoms with van der Waals surface area (Å²) in [7, 11) is 0. The third-order valence-corrected chi connectivity index (χ3v) is 4.97. The van der Waals surface area contributed by atoms with Crippen LogP contribution in [0.25, 0.3) is 22.5 Å². The Morgan fingerprint density at radius 3 is 2.47 bits per heavy atom. The molecular weight excluding hydrogens is 378 g/mol. The van der Waals surface area contributed by atoms with Crippen molar-refractivity contribution in [1.82, 2.24) is 25.9 Å². The fourth-order valence-electron chi connectivity index (χ4n) is 3.23. The molecule has 0 aliphatic carbocycles. The molecule has 1 aromatic heterocycles. The summed E-state index contributed by atoms with van der Waals surface area (Å²) in [5, 5.41) is 17.7. The highest BCUT2D eigenvalue weighted by Gasteiger charge is 2.23. The molecule has 0 aliphatic rings. The number of aromatic amines is 1. The molecule has 30 heavy (non-hydrogen) atoms. The number of tetrazole rings is 1. The van der Waals surface area contributed by atoms with Gasteiger partial charge in [0.1, 0.15) is 6.04 Å². The SMILES string of the molecule is CCCCOC(=O)[C@@H](NCc1ccc(-c2ccccc2-c2nn[nH]n2)cc1)C(C)C. The van der Waals surface area contributed by atoms with Crippen LogP contribution in [0.1, 0.15) is 39.2 Å². The summed E-state index contributed by atoms with van der Waals surface area (Å²) in [4.78, 5) is 12.4. The van der Waals surface area contributed by atoms with Gasteiger partial charge in [0.05, 0.1) is 6.61 Å². The highest BCUT2D eigenvalue weighted by molar-refractivity contribution is 5.80. The van der Waals surface area contributed by atoms with Crippen molar-refractivity contribution in [2.45, 2.75) is 46.2 Å². The lowest BCUT2D eigenvalue weighted by Crippen LogP contribution is -2.41. The maximum atomic E-state index is 12.4. The molecule has 0 fully saturated rings. The van der Waals surface area contributed by atoms with Crippen molar-refractivity contribution in [3.8, 4) is 22.5 Å². The summed E-state index contributed by atoms with van der Waals surface area (Å²) < 4.78 is 5.40. The molecule has 0 unspecified atom stereocenters. The number of hydrogen-bond donors (Lipinski definition) is 2. The van der Waals surface area contributed by atoms with E-state index >= 15 is 0 Å². The van der Waals surface area contributed by atoms with Gasteiger partial charge in [0.2, 0.25) is 5.82 Å². The Morgan fingerprint density at radius 2 is 1.83 bits per heavy atom. The Kier molecular flexibility index (Phi) is 7.68. The molecule has 158 valence electrons. The Hall–Kier alpha value is -3.06. The summed E-state index contributed by atoms with van der Waals surface area (Å²) >= 11 is 0. The monoisotopic (exact) mass is 407 g/mol. The second kappa shape index (κ2) is 10.6. The number of rotatable bonds is 10. The molecule has 0 bridgehead atoms. The third kappa shape index (κ3) is 5.51. The van der Waals surface area contributed by atoms with Gasteiger partial charge in [-0.05, 0) is 34.2 Å². The minimum Gasteiger partial charge on any atom is -0.465 e. The van der Waals surface area contributed by atoms with Crippen molar-refractivity contribution in [2.24, 2.45) is 5.92 Å². The highest BCUT2D eigenvalue weighted by Crippen LogP contribution is 2.29. The number of nitrogens with one attached hydrogen (secondary N) is 2. The zero-order valence-corrected chi connectivity index (χ0v) is 17.8. The second-order valence-corrected chi connectivity index (χ2v) is 7.60. The molecule has 0 aliphatic heterocycles. The fraction of sp³-hybridized carbons (Fsp3) is 0.391. The molecule has 0 radical (unpaired) electrons. The quantitative estimate of drug-likeness (QED) is 0.390. The number of unbranched alkanes of at least 4 members (excludes halogenated alkanes) is 1. The second-order valence-electron chi connectivity index (χ2n) is 7.60. The van der Waals surface area contributed by atoms with Crippen LogP contribution in [0.2, 0.25) is 0 Å². The van der Waals surface area contributed by atoms with Crippen LogP contribution in [0.5, 0.6) is 0 Å². The first-order valence-electron chi connectivity index (χ1n) is 10.4. The summed E-state index contributed by atoms with van der Waals surface area (Å²) in [6.07, 6.45) is 1.90. The van der Waals surface area contributed by atoms with Gasteiger partial charge in [0.15, 0.2) is 0 Å². The van der Waals surface area contributed by atoms with Crippen LogP contribution in [0.3, 0.4) is 0 Å². The molecule has 2 N–H and O–H groups in total. The molecule has 3 aromatic rings. The van der Waals surface area contributed by atoms with E-state index in [4.69, 9.17) is 4.74 Å². The number of aromatic nitrogens is 4. The average molecular weight is 408 g/mol. The number of hydrogen-bond acceptors (Lipinski definition) is 6. The van der Waals surface area contributed by atoms with E-state index in [1.165, 1.54) is 0 Å². The standard InChI is InChI=1S/C23H29N5O2/c1-4-5-14-30-23(29)21(16(2)3)24-15-17-10-12-18(13-11-17)19-8-6-7-9-20(19)22-25-27-28-26-22/h6-13,16,21,24H,4-5,14-15H2,1-3H3,(H,25,26,27,28)/t21-/m0/s1. The number of carbonyl (C=O) groups excluding carboxylic acids is 1. The van der Waals surface area contributed by atoms with Crippen molar-refractivity contribution >= 4 is 5.97 Å². The van der Waals surface area contributed by atoms with Gasteiger partial charge >= 0.3 is 5.97 Å². The Labute approximate surface area is 177 Å². The first-order valence-corrected chi connectivity index (χ1v) is 10.4. The van der Waals surface area contributed by atoms with E-state index in [0.717, 1.165) is 35.1 Å². The zero-order chi connectivity index (χ0) is 21.3. The number of H-pyrrole nitrogens is 1. The number of carbonyl (C=O) groups is 1. The topological polar surface area (TPSA) is 92.8 Å². The maximum absolute atomic E-state index is 12.4. The highest BCUT2D eigenvalue weighted by atomic mass is 16.5. The van der Waals surface area contributed by atoms with E-state index in [-0.39, 0.29) is 17.9 Å². The minimum atomic E-state index is -0.319. The van der Waals surface area contributed by atoms with Gasteiger partial charge in [-0.15, -0.1) is 10.2 Å². The van der Waals surface area contributed by atoms with Crippen molar-refractivity contribution < 1.29 is 9.53 Å². The van der Waals surface area contributed by atoms with Gasteiger partial charge in [-0.3, -0.25) is 4.79 Å². The van der Waals surface area contributed by atoms with Crippen molar-refractivity contribution in [3.05, 3.63) is 54.1 Å². The molecule has 7 heteroatoms. The lowest BCUT2D eigenvalue weighted by Gasteiger charge is -2.21. The first kappa shape index (κ1) is 21.6. The summed E-state index contributed by atoms with van der Waals surface area (Å²) in [6.45, 7) is 7.21. The van der Waals surface area contributed by atoms with Gasteiger partial charge in [-0.1, -0.05) is 75.7 Å². The summed E-state index contributed by atoms with van der Waals surface area (Å²) in [5.41, 5.74) is 4.13. The predicted molar refractivity (Wildman–Crippen MR) is 116 cm³/mol. The van der Waals surface area contributed by atoms with E-state index < -0.39 is 0 Å². The molecule has 0 amide bonds. The molecule has 1 atom stereocenters. The van der Waals surface area contributed by atoms with E-state index in [1.54, 1.807) is 0 Å². The zero-order valence-electron chi connectivity index (χ0n) is 17.8. The Balaban J connectivity index is 1.67. The molecule has 0 saturated heterocycles. The minimum absolute atomic E-state index is 0.153. The van der Waals surface area contributed by atoms with Crippen LogP contribution < -0.4 is 5.32 Å². The van der Waals surface area contributed by atoms with Crippen LogP contribution in [-0.4, -0.2) is 39.2 Å². The predicted octanol–water partition coefficient (Wildman–Crippen LogP) is 3.99. The molecule has 1 heterocycles. The first-order chi connectivity index (χ1) is 14.6. The van der Waals surface area contributed by atoms with Gasteiger partial charge in [-0.25, -0.2) is 0 Å². The molecule has 7 nitrogen and oxygen atoms in total. The van der Waals surface area contributed by atoms with Crippen molar-refractivity contribution in [1.29, 1.82) is 0 Å². The van der Waals surface area contributed by atoms with Crippen molar-refractivity contribution in [3.63, 3.8) is 0 Å². The number of benzene rings is 2. The van der Waals surface area contributed by atoms with Crippen LogP contribution in [0.4, 0.5) is 0 Å². The number of ether oxygens (including phenoxy) is 1. The number of nitrogens with zero attached hydrogens (tertiary/aromatic N) is 3. The fourth-order valence-corrected chi connectivity index (χ4v) is 3.23. The van der Waals surface area contributed by atoms with E-state index in [9.17, 15) is 4.79 Å². The van der Waals surface area contributed by atoms with Gasteiger partial charge in [0, 0.05) is 12.1 Å².